The van der Waals surface area contributed by atoms with Gasteiger partial charge in [0.25, 0.3) is 0 Å². The molecular weight excluding hydrogens is 257 g/mol. The van der Waals surface area contributed by atoms with E-state index in [1.54, 1.807) is 0 Å². The van der Waals surface area contributed by atoms with Crippen LogP contribution in [0.4, 0.5) is 0 Å². The summed E-state index contributed by atoms with van der Waals surface area (Å²) >= 11 is 0. The average Bonchev–Trinajstić information content (AvgIpc) is 1.85. The van der Waals surface area contributed by atoms with Gasteiger partial charge in [0, 0.05) is 6.42 Å². The molecule has 0 saturated carbocycles. The molecule has 0 fully saturated rings. The van der Waals surface area contributed by atoms with Crippen LogP contribution < -0.4 is 0 Å². The fraction of sp³-hybridized carbons (Fsp3) is 0.667. The van der Waals surface area contributed by atoms with Crippen molar-refractivity contribution in [3.63, 3.8) is 0 Å². The molecular formula is C6H12BaO3. The van der Waals surface area contributed by atoms with Crippen molar-refractivity contribution in [3.8, 4) is 0 Å². The molecule has 0 unspecified atom stereocenters. The Morgan fingerprint density at radius 3 is 2.60 bits per heavy atom. The Morgan fingerprint density at radius 2 is 2.20 bits per heavy atom. The first kappa shape index (κ1) is 13.3. The van der Waals surface area contributed by atoms with Gasteiger partial charge in [-0.2, -0.15) is 0 Å². The van der Waals surface area contributed by atoms with Gasteiger partial charge >= 0.3 is 61.3 Å². The van der Waals surface area contributed by atoms with E-state index in [9.17, 15) is 9.59 Å². The van der Waals surface area contributed by atoms with Crippen molar-refractivity contribution >= 4 is 61.3 Å². The molecule has 0 aromatic heterocycles. The zero-order valence-electron chi connectivity index (χ0n) is 5.42. The Morgan fingerprint density at radius 1 is 1.60 bits per heavy atom. The molecule has 0 heterocycles. The van der Waals surface area contributed by atoms with E-state index in [1.165, 1.54) is 0 Å². The van der Waals surface area contributed by atoms with E-state index in [-0.39, 0.29) is 55.4 Å². The minimum absolute atomic E-state index is 0. The molecule has 0 saturated heterocycles. The van der Waals surface area contributed by atoms with Crippen LogP contribution in [0.25, 0.3) is 0 Å². The third-order valence-corrected chi connectivity index (χ3v) is 0.914. The number of hydrogen-bond donors (Lipinski definition) is 0. The number of ether oxygens (including phenoxy) is 1. The van der Waals surface area contributed by atoms with Crippen LogP contribution in [0.15, 0.2) is 0 Å². The molecule has 0 bridgehead atoms. The van der Waals surface area contributed by atoms with Crippen molar-refractivity contribution in [2.24, 2.45) is 0 Å². The predicted molar refractivity (Wildman–Crippen MR) is 40.2 cm³/mol. The summed E-state index contributed by atoms with van der Waals surface area (Å²) in [6.45, 7) is 2.13. The van der Waals surface area contributed by atoms with Crippen molar-refractivity contribution in [3.05, 3.63) is 0 Å². The van der Waals surface area contributed by atoms with Crippen molar-refractivity contribution in [2.45, 2.75) is 26.2 Å². The summed E-state index contributed by atoms with van der Waals surface area (Å²) in [4.78, 5) is 19.9. The maximum atomic E-state index is 10.3. The van der Waals surface area contributed by atoms with Gasteiger partial charge in [0.15, 0.2) is 0 Å². The zero-order chi connectivity index (χ0) is 7.11. The van der Waals surface area contributed by atoms with Crippen LogP contribution in [0.1, 0.15) is 26.2 Å². The summed E-state index contributed by atoms with van der Waals surface area (Å²) in [6.07, 6.45) is 2.07. The summed E-state index contributed by atoms with van der Waals surface area (Å²) < 4.78 is 4.02. The Labute approximate surface area is 101 Å². The van der Waals surface area contributed by atoms with Gasteiger partial charge in [0.1, 0.15) is 0 Å². The monoisotopic (exact) mass is 270 g/mol. The van der Waals surface area contributed by atoms with E-state index < -0.39 is 5.97 Å². The van der Waals surface area contributed by atoms with Crippen molar-refractivity contribution < 1.29 is 14.3 Å². The first-order chi connectivity index (χ1) is 4.31. The average molecular weight is 269 g/mol. The first-order valence-corrected chi connectivity index (χ1v) is 2.94. The van der Waals surface area contributed by atoms with Crippen LogP contribution >= 0.6 is 0 Å². The zero-order valence-corrected chi connectivity index (χ0v) is 5.42. The SMILES string of the molecule is CCCCC(=O)OC=O.[BaH2]. The molecule has 4 heteroatoms. The van der Waals surface area contributed by atoms with Crippen LogP contribution in [-0.4, -0.2) is 61.3 Å². The predicted octanol–water partition coefficient (Wildman–Crippen LogP) is -0.0400. The Kier molecular flexibility index (Phi) is 12.9. The molecule has 0 N–H and O–H groups in total. The van der Waals surface area contributed by atoms with E-state index in [0.717, 1.165) is 12.8 Å². The summed E-state index contributed by atoms with van der Waals surface area (Å²) in [6, 6.07) is 0. The molecule has 0 aliphatic rings. The van der Waals surface area contributed by atoms with Crippen molar-refractivity contribution in [1.29, 1.82) is 0 Å². The number of hydrogen-bond acceptors (Lipinski definition) is 3. The molecule has 0 atom stereocenters. The fourth-order valence-corrected chi connectivity index (χ4v) is 0.434. The van der Waals surface area contributed by atoms with Crippen molar-refractivity contribution in [2.75, 3.05) is 0 Å². The number of esters is 1. The molecule has 0 radical (unpaired) electrons. The van der Waals surface area contributed by atoms with Gasteiger partial charge < -0.3 is 4.74 Å². The third-order valence-electron chi connectivity index (χ3n) is 0.914. The van der Waals surface area contributed by atoms with E-state index in [4.69, 9.17) is 0 Å². The quantitative estimate of drug-likeness (QED) is 0.311. The number of rotatable bonds is 4. The van der Waals surface area contributed by atoms with Gasteiger partial charge in [0.05, 0.1) is 0 Å². The second-order valence-electron chi connectivity index (χ2n) is 1.69. The van der Waals surface area contributed by atoms with Gasteiger partial charge in [-0.05, 0) is 6.42 Å². The van der Waals surface area contributed by atoms with Crippen LogP contribution in [0, 0.1) is 0 Å². The molecule has 0 aromatic carbocycles. The van der Waals surface area contributed by atoms with Crippen LogP contribution in [0.5, 0.6) is 0 Å². The summed E-state index contributed by atoms with van der Waals surface area (Å²) in [5.41, 5.74) is 0. The number of carbonyl (C=O) groups excluding carboxylic acids is 2. The fourth-order valence-electron chi connectivity index (χ4n) is 0.434. The summed E-state index contributed by atoms with van der Waals surface area (Å²) in [5.74, 6) is -0.438. The Hall–Kier alpha value is 0.711. The first-order valence-electron chi connectivity index (χ1n) is 2.94. The number of unbranched alkanes of at least 4 members (excludes halogenated alkanes) is 1. The molecule has 0 spiro atoms. The van der Waals surface area contributed by atoms with Gasteiger partial charge in [-0.15, -0.1) is 0 Å². The molecule has 3 nitrogen and oxygen atoms in total. The van der Waals surface area contributed by atoms with E-state index >= 15 is 0 Å². The maximum absolute atomic E-state index is 10.3. The van der Waals surface area contributed by atoms with Crippen molar-refractivity contribution in [1.82, 2.24) is 0 Å². The van der Waals surface area contributed by atoms with E-state index in [0.29, 0.717) is 6.42 Å². The second-order valence-corrected chi connectivity index (χ2v) is 1.69. The molecule has 56 valence electrons. The van der Waals surface area contributed by atoms with Gasteiger partial charge in [-0.25, -0.2) is 0 Å². The molecule has 0 rings (SSSR count). The van der Waals surface area contributed by atoms with Gasteiger partial charge in [-0.3, -0.25) is 9.59 Å². The van der Waals surface area contributed by atoms with E-state index in [2.05, 4.69) is 4.74 Å². The second kappa shape index (κ2) is 9.71. The minimum atomic E-state index is -0.438. The van der Waals surface area contributed by atoms with Crippen LogP contribution in [0.2, 0.25) is 0 Å². The Balaban J connectivity index is 0. The third kappa shape index (κ3) is 8.71. The summed E-state index contributed by atoms with van der Waals surface area (Å²) in [5, 5.41) is 0. The number of carbonyl (C=O) groups is 2. The topological polar surface area (TPSA) is 43.4 Å². The van der Waals surface area contributed by atoms with E-state index in [1.807, 2.05) is 6.92 Å². The molecule has 0 amide bonds. The standard InChI is InChI=1S/C6H10O3.Ba.2H/c1-2-3-4-6(8)9-5-7;;;/h5H,2-4H2,1H3;;;. The molecule has 0 aliphatic heterocycles. The van der Waals surface area contributed by atoms with Crippen LogP contribution in [0.3, 0.4) is 0 Å². The van der Waals surface area contributed by atoms with Crippen LogP contribution in [-0.2, 0) is 14.3 Å². The van der Waals surface area contributed by atoms with Gasteiger partial charge in [0.2, 0.25) is 0 Å². The normalized spacial score (nSPS) is 7.70. The molecule has 0 aromatic rings. The molecule has 0 aliphatic carbocycles. The Bertz CT molecular complexity index is 103. The van der Waals surface area contributed by atoms with Gasteiger partial charge in [-0.1, -0.05) is 13.3 Å². The summed E-state index contributed by atoms with van der Waals surface area (Å²) in [7, 11) is 0. The molecule has 10 heavy (non-hydrogen) atoms.